The lowest BCUT2D eigenvalue weighted by molar-refractivity contribution is -0.139. The third-order valence-corrected chi connectivity index (χ3v) is 8.17. The Bertz CT molecular complexity index is 922. The highest BCUT2D eigenvalue weighted by Gasteiger charge is 2.31. The van der Waals surface area contributed by atoms with Crippen LogP contribution < -0.4 is 4.74 Å². The second kappa shape index (κ2) is 15.0. The molecule has 2 aromatic carbocycles. The van der Waals surface area contributed by atoms with E-state index in [2.05, 4.69) is 26.8 Å². The van der Waals surface area contributed by atoms with Gasteiger partial charge in [0, 0.05) is 45.2 Å². The molecule has 2 aromatic rings. The van der Waals surface area contributed by atoms with Gasteiger partial charge in [-0.25, -0.2) is 0 Å². The quantitative estimate of drug-likeness (QED) is 0.409. The number of halogens is 2. The first-order valence-corrected chi connectivity index (χ1v) is 13.8. The van der Waals surface area contributed by atoms with Crippen molar-refractivity contribution < 1.29 is 9.53 Å². The maximum Gasteiger partial charge on any atom is 0.225 e. The molecular weight excluding hydrogens is 505 g/mol. The Morgan fingerprint density at radius 1 is 0.703 bits per heavy atom. The highest BCUT2D eigenvalue weighted by molar-refractivity contribution is 5.85. The Hall–Kier alpha value is -1.79. The summed E-state index contributed by atoms with van der Waals surface area (Å²) in [5.41, 5.74) is 1.30. The standard InChI is InChI=1S/C30H41N3O2.2ClH/c34-30(33-21-19-32(20-22-33)23-25-7-3-1-4-8-25)27-15-17-31(18-16-27)24-26-11-13-29(14-12-26)35-28-9-5-2-6-10-28;;/h2,5-6,9-14,25,27H,1,3-4,7-8,15-24H2;2*1H. The zero-order chi connectivity index (χ0) is 23.9. The Balaban J connectivity index is 0.00000190. The lowest BCUT2D eigenvalue weighted by Crippen LogP contribution is -2.52. The molecule has 2 saturated heterocycles. The van der Waals surface area contributed by atoms with Gasteiger partial charge in [-0.1, -0.05) is 49.6 Å². The molecule has 204 valence electrons. The normalized spacial score (nSPS) is 20.1. The molecule has 5 rings (SSSR count). The van der Waals surface area contributed by atoms with Gasteiger partial charge in [-0.15, -0.1) is 24.8 Å². The van der Waals surface area contributed by atoms with Crippen LogP contribution in [0.1, 0.15) is 50.5 Å². The largest absolute Gasteiger partial charge is 0.457 e. The first-order valence-electron chi connectivity index (χ1n) is 13.8. The minimum atomic E-state index is 0. The fourth-order valence-electron chi connectivity index (χ4n) is 6.03. The van der Waals surface area contributed by atoms with Crippen LogP contribution in [0.25, 0.3) is 0 Å². The van der Waals surface area contributed by atoms with Crippen LogP contribution in [0.2, 0.25) is 0 Å². The number of carbonyl (C=O) groups excluding carboxylic acids is 1. The molecule has 0 aromatic heterocycles. The number of hydrogen-bond donors (Lipinski definition) is 0. The predicted molar refractivity (Wildman–Crippen MR) is 155 cm³/mol. The molecule has 0 spiro atoms. The van der Waals surface area contributed by atoms with Gasteiger partial charge in [0.25, 0.3) is 0 Å². The lowest BCUT2D eigenvalue weighted by Gasteiger charge is -2.40. The summed E-state index contributed by atoms with van der Waals surface area (Å²) in [6.45, 7) is 8.15. The summed E-state index contributed by atoms with van der Waals surface area (Å²) in [6, 6.07) is 18.3. The van der Waals surface area contributed by atoms with Gasteiger partial charge in [-0.3, -0.25) is 14.6 Å². The smallest absolute Gasteiger partial charge is 0.225 e. The average Bonchev–Trinajstić information content (AvgIpc) is 2.91. The van der Waals surface area contributed by atoms with Crippen molar-refractivity contribution in [1.82, 2.24) is 14.7 Å². The molecule has 0 atom stereocenters. The molecule has 1 amide bonds. The first-order chi connectivity index (χ1) is 17.2. The Kier molecular flexibility index (Phi) is 12.0. The third kappa shape index (κ3) is 8.61. The zero-order valence-electron chi connectivity index (χ0n) is 21.9. The van der Waals surface area contributed by atoms with E-state index >= 15 is 0 Å². The molecule has 1 saturated carbocycles. The number of para-hydroxylation sites is 1. The number of ether oxygens (including phenoxy) is 1. The maximum atomic E-state index is 13.2. The number of amides is 1. The number of carbonyl (C=O) groups is 1. The predicted octanol–water partition coefficient (Wildman–Crippen LogP) is 6.26. The third-order valence-electron chi connectivity index (χ3n) is 8.17. The second-order valence-electron chi connectivity index (χ2n) is 10.7. The van der Waals surface area contributed by atoms with Gasteiger partial charge >= 0.3 is 0 Å². The van der Waals surface area contributed by atoms with E-state index in [0.29, 0.717) is 5.91 Å². The molecule has 0 unspecified atom stereocenters. The van der Waals surface area contributed by atoms with Gasteiger partial charge in [0.05, 0.1) is 0 Å². The molecule has 1 aliphatic carbocycles. The molecule has 3 aliphatic rings. The number of piperazine rings is 1. The van der Waals surface area contributed by atoms with E-state index < -0.39 is 0 Å². The Morgan fingerprint density at radius 2 is 1.32 bits per heavy atom. The Labute approximate surface area is 235 Å². The van der Waals surface area contributed by atoms with Crippen LogP contribution in [-0.4, -0.2) is 66.4 Å². The van der Waals surface area contributed by atoms with E-state index in [9.17, 15) is 4.79 Å². The minimum Gasteiger partial charge on any atom is -0.457 e. The van der Waals surface area contributed by atoms with Crippen LogP contribution in [0.15, 0.2) is 54.6 Å². The summed E-state index contributed by atoms with van der Waals surface area (Å²) in [6.07, 6.45) is 9.03. The molecule has 2 heterocycles. The molecular formula is C30H43Cl2N3O2. The highest BCUT2D eigenvalue weighted by Crippen LogP contribution is 2.26. The molecule has 2 aliphatic heterocycles. The summed E-state index contributed by atoms with van der Waals surface area (Å²) in [5.74, 6) is 3.23. The molecule has 0 N–H and O–H groups in total. The van der Waals surface area contributed by atoms with Crippen LogP contribution in [0.5, 0.6) is 11.5 Å². The van der Waals surface area contributed by atoms with Gasteiger partial charge in [0.15, 0.2) is 0 Å². The highest BCUT2D eigenvalue weighted by atomic mass is 35.5. The summed E-state index contributed by atoms with van der Waals surface area (Å²) < 4.78 is 5.91. The first kappa shape index (κ1) is 29.8. The molecule has 37 heavy (non-hydrogen) atoms. The van der Waals surface area contributed by atoms with E-state index in [1.165, 1.54) is 44.2 Å². The van der Waals surface area contributed by atoms with E-state index in [-0.39, 0.29) is 30.7 Å². The molecule has 3 fully saturated rings. The van der Waals surface area contributed by atoms with Crippen molar-refractivity contribution in [3.63, 3.8) is 0 Å². The number of nitrogens with zero attached hydrogens (tertiary/aromatic N) is 3. The number of piperidine rings is 1. The number of hydrogen-bond acceptors (Lipinski definition) is 4. The van der Waals surface area contributed by atoms with Gasteiger partial charge in [-0.2, -0.15) is 0 Å². The fraction of sp³-hybridized carbons (Fsp3) is 0.567. The maximum absolute atomic E-state index is 13.2. The summed E-state index contributed by atoms with van der Waals surface area (Å²) in [4.78, 5) is 20.4. The van der Waals surface area contributed by atoms with Gasteiger partial charge in [-0.05, 0) is 74.5 Å². The monoisotopic (exact) mass is 547 g/mol. The summed E-state index contributed by atoms with van der Waals surface area (Å²) >= 11 is 0. The number of rotatable bonds is 7. The molecule has 0 radical (unpaired) electrons. The van der Waals surface area contributed by atoms with Crippen LogP contribution in [0.3, 0.4) is 0 Å². The van der Waals surface area contributed by atoms with Crippen LogP contribution in [-0.2, 0) is 11.3 Å². The number of likely N-dealkylation sites (tertiary alicyclic amines) is 1. The van der Waals surface area contributed by atoms with Crippen molar-refractivity contribution in [2.45, 2.75) is 51.5 Å². The van der Waals surface area contributed by atoms with E-state index in [4.69, 9.17) is 4.74 Å². The van der Waals surface area contributed by atoms with Gasteiger partial charge in [0.2, 0.25) is 5.91 Å². The molecule has 7 heteroatoms. The van der Waals surface area contributed by atoms with Crippen molar-refractivity contribution in [3.05, 3.63) is 60.2 Å². The van der Waals surface area contributed by atoms with Crippen molar-refractivity contribution >= 4 is 30.7 Å². The summed E-state index contributed by atoms with van der Waals surface area (Å²) in [5, 5.41) is 0. The summed E-state index contributed by atoms with van der Waals surface area (Å²) in [7, 11) is 0. The number of benzene rings is 2. The van der Waals surface area contributed by atoms with Crippen molar-refractivity contribution in [2.24, 2.45) is 11.8 Å². The SMILES string of the molecule is Cl.Cl.O=C(C1CCN(Cc2ccc(Oc3ccccc3)cc2)CC1)N1CCN(CC2CCCCC2)CC1. The second-order valence-corrected chi connectivity index (χ2v) is 10.7. The van der Waals surface area contributed by atoms with Crippen LogP contribution >= 0.6 is 24.8 Å². The van der Waals surface area contributed by atoms with E-state index in [1.54, 1.807) is 0 Å². The van der Waals surface area contributed by atoms with Gasteiger partial charge < -0.3 is 9.64 Å². The van der Waals surface area contributed by atoms with Crippen LogP contribution in [0, 0.1) is 11.8 Å². The fourth-order valence-corrected chi connectivity index (χ4v) is 6.03. The lowest BCUT2D eigenvalue weighted by atomic mass is 9.89. The van der Waals surface area contributed by atoms with Gasteiger partial charge in [0.1, 0.15) is 11.5 Å². The van der Waals surface area contributed by atoms with Crippen molar-refractivity contribution in [2.75, 3.05) is 45.8 Å². The minimum absolute atomic E-state index is 0. The Morgan fingerprint density at radius 3 is 1.97 bits per heavy atom. The topological polar surface area (TPSA) is 36.0 Å². The zero-order valence-corrected chi connectivity index (χ0v) is 23.6. The van der Waals surface area contributed by atoms with Crippen LogP contribution in [0.4, 0.5) is 0 Å². The average molecular weight is 549 g/mol. The van der Waals surface area contributed by atoms with Crippen molar-refractivity contribution in [3.8, 4) is 11.5 Å². The van der Waals surface area contributed by atoms with Crippen molar-refractivity contribution in [1.29, 1.82) is 0 Å². The molecule has 5 nitrogen and oxygen atoms in total. The van der Waals surface area contributed by atoms with E-state index in [0.717, 1.165) is 76.1 Å². The van der Waals surface area contributed by atoms with E-state index in [1.807, 2.05) is 42.5 Å². The molecule has 0 bridgehead atoms.